The molecule has 0 saturated carbocycles. The summed E-state index contributed by atoms with van der Waals surface area (Å²) >= 11 is 0. The number of allylic oxidation sites excluding steroid dienone is 3. The van der Waals surface area contributed by atoms with Crippen LogP contribution in [0.5, 0.6) is 0 Å². The highest BCUT2D eigenvalue weighted by atomic mass is 31.2. The number of likely N-dealkylation sites (N-methyl/N-ethyl adjacent to an activating group) is 1. The van der Waals surface area contributed by atoms with Crippen molar-refractivity contribution in [1.29, 1.82) is 0 Å². The summed E-state index contributed by atoms with van der Waals surface area (Å²) in [6, 6.07) is -0.860. The van der Waals surface area contributed by atoms with Crippen LogP contribution in [0.4, 0.5) is 0 Å². The van der Waals surface area contributed by atoms with Crippen molar-refractivity contribution in [2.45, 2.75) is 321 Å². The van der Waals surface area contributed by atoms with Crippen molar-refractivity contribution in [1.82, 2.24) is 5.32 Å². The first-order valence-electron chi connectivity index (χ1n) is 30.7. The van der Waals surface area contributed by atoms with Gasteiger partial charge in [-0.15, -0.1) is 0 Å². The van der Waals surface area contributed by atoms with E-state index >= 15 is 0 Å². The minimum absolute atomic E-state index is 0.0589. The lowest BCUT2D eigenvalue weighted by Gasteiger charge is -2.25. The van der Waals surface area contributed by atoms with Crippen LogP contribution >= 0.6 is 7.82 Å². The standard InChI is InChI=1S/C61H121N2O6P/c1-6-8-10-12-14-16-18-20-22-24-26-28-29-30-31-32-33-34-35-37-39-41-43-45-47-49-51-53-55-61(65)62-59(58-69-70(66,67)68-57-56-63(3,4)5)60(64)54-52-50-48-46-44-42-40-38-36-27-25-23-21-19-17-15-13-11-9-7-2/h44,46,52,54,59-60,64H,6-43,45,47-51,53,55-58H2,1-5H3,(H-,62,65,66,67)/p+1/b46-44+,54-52+. The van der Waals surface area contributed by atoms with Gasteiger partial charge in [-0.05, 0) is 32.1 Å². The number of nitrogens with one attached hydrogen (secondary N) is 1. The third-order valence-electron chi connectivity index (χ3n) is 14.2. The zero-order chi connectivity index (χ0) is 51.3. The van der Waals surface area contributed by atoms with E-state index in [2.05, 4.69) is 31.3 Å². The van der Waals surface area contributed by atoms with Gasteiger partial charge in [-0.3, -0.25) is 13.8 Å². The molecular weight excluding hydrogens is 888 g/mol. The van der Waals surface area contributed by atoms with Gasteiger partial charge < -0.3 is 19.8 Å². The number of hydrogen-bond donors (Lipinski definition) is 3. The second-order valence-corrected chi connectivity index (χ2v) is 23.9. The normalized spacial score (nSPS) is 14.0. The number of unbranched alkanes of at least 4 members (excludes halogenated alkanes) is 42. The van der Waals surface area contributed by atoms with Crippen molar-refractivity contribution in [2.75, 3.05) is 40.9 Å². The van der Waals surface area contributed by atoms with Crippen LogP contribution in [0.3, 0.4) is 0 Å². The Balaban J connectivity index is 4.13. The fraction of sp³-hybridized carbons (Fsp3) is 0.918. The van der Waals surface area contributed by atoms with E-state index in [1.807, 2.05) is 27.2 Å². The van der Waals surface area contributed by atoms with E-state index in [9.17, 15) is 19.4 Å². The summed E-state index contributed by atoms with van der Waals surface area (Å²) in [7, 11) is 1.57. The molecule has 3 unspecified atom stereocenters. The summed E-state index contributed by atoms with van der Waals surface area (Å²) in [5, 5.41) is 13.9. The Morgan fingerprint density at radius 1 is 0.471 bits per heavy atom. The summed E-state index contributed by atoms with van der Waals surface area (Å²) in [4.78, 5) is 23.3. The summed E-state index contributed by atoms with van der Waals surface area (Å²) in [6.07, 6.45) is 67.3. The summed E-state index contributed by atoms with van der Waals surface area (Å²) < 4.78 is 23.7. The van der Waals surface area contributed by atoms with Crippen molar-refractivity contribution in [3.63, 3.8) is 0 Å². The molecule has 9 heteroatoms. The number of carbonyl (C=O) groups excluding carboxylic acids is 1. The Kier molecular flexibility index (Phi) is 52.1. The number of aliphatic hydroxyl groups is 1. The predicted molar refractivity (Wildman–Crippen MR) is 305 cm³/mol. The second kappa shape index (κ2) is 52.8. The van der Waals surface area contributed by atoms with Gasteiger partial charge in [-0.25, -0.2) is 4.57 Å². The van der Waals surface area contributed by atoms with E-state index in [1.165, 1.54) is 250 Å². The largest absolute Gasteiger partial charge is 0.472 e. The molecule has 3 N–H and O–H groups in total. The van der Waals surface area contributed by atoms with Gasteiger partial charge in [0, 0.05) is 6.42 Å². The van der Waals surface area contributed by atoms with Gasteiger partial charge in [-0.1, -0.05) is 295 Å². The number of aliphatic hydroxyl groups excluding tert-OH is 1. The quantitative estimate of drug-likeness (QED) is 0.0243. The summed E-state index contributed by atoms with van der Waals surface area (Å²) in [5.74, 6) is -0.180. The SMILES string of the molecule is CCCCCCCCCCCCCCCC/C=C/CC/C=C/C(O)C(COP(=O)(O)OCC[N+](C)(C)C)NC(=O)CCCCCCCCCCCCCCCCCCCCCCCCCCCCCC. The summed E-state index contributed by atoms with van der Waals surface area (Å²) in [6.45, 7) is 4.85. The highest BCUT2D eigenvalue weighted by Gasteiger charge is 2.27. The monoisotopic (exact) mass is 1010 g/mol. The first-order valence-corrected chi connectivity index (χ1v) is 32.2. The minimum Gasteiger partial charge on any atom is -0.387 e. The van der Waals surface area contributed by atoms with E-state index in [4.69, 9.17) is 9.05 Å². The molecule has 0 bridgehead atoms. The van der Waals surface area contributed by atoms with Crippen LogP contribution in [0, 0.1) is 0 Å². The van der Waals surface area contributed by atoms with E-state index in [0.29, 0.717) is 17.4 Å². The van der Waals surface area contributed by atoms with Gasteiger partial charge in [0.2, 0.25) is 5.91 Å². The molecule has 0 spiro atoms. The Labute approximate surface area is 436 Å². The van der Waals surface area contributed by atoms with Gasteiger partial charge >= 0.3 is 7.82 Å². The number of nitrogens with zero attached hydrogens (tertiary/aromatic N) is 1. The fourth-order valence-electron chi connectivity index (χ4n) is 9.36. The first kappa shape index (κ1) is 69.0. The highest BCUT2D eigenvalue weighted by molar-refractivity contribution is 7.47. The van der Waals surface area contributed by atoms with E-state index in [0.717, 1.165) is 38.5 Å². The fourth-order valence-corrected chi connectivity index (χ4v) is 10.1. The van der Waals surface area contributed by atoms with Gasteiger partial charge in [-0.2, -0.15) is 0 Å². The lowest BCUT2D eigenvalue weighted by Crippen LogP contribution is -2.45. The molecule has 0 radical (unpaired) electrons. The van der Waals surface area contributed by atoms with Crippen LogP contribution in [0.1, 0.15) is 309 Å². The average molecular weight is 1010 g/mol. The Hall–Kier alpha value is -1.02. The molecule has 0 aromatic rings. The van der Waals surface area contributed by atoms with Gasteiger partial charge in [0.25, 0.3) is 0 Å². The van der Waals surface area contributed by atoms with E-state index in [1.54, 1.807) is 6.08 Å². The molecule has 0 aromatic carbocycles. The molecule has 8 nitrogen and oxygen atoms in total. The number of rotatable bonds is 57. The third-order valence-corrected chi connectivity index (χ3v) is 15.2. The number of quaternary nitrogens is 1. The van der Waals surface area contributed by atoms with Crippen LogP contribution in [-0.4, -0.2) is 73.4 Å². The number of hydrogen-bond acceptors (Lipinski definition) is 5. The number of phosphoric acid groups is 1. The number of amides is 1. The molecule has 0 fully saturated rings. The zero-order valence-corrected chi connectivity index (χ0v) is 48.4. The molecule has 3 atom stereocenters. The number of carbonyl (C=O) groups is 1. The van der Waals surface area contributed by atoms with Gasteiger partial charge in [0.1, 0.15) is 13.2 Å². The lowest BCUT2D eigenvalue weighted by molar-refractivity contribution is -0.870. The zero-order valence-electron chi connectivity index (χ0n) is 47.5. The van der Waals surface area contributed by atoms with Crippen molar-refractivity contribution in [2.24, 2.45) is 0 Å². The molecule has 0 heterocycles. The van der Waals surface area contributed by atoms with Crippen LogP contribution in [0.2, 0.25) is 0 Å². The molecule has 0 aliphatic heterocycles. The highest BCUT2D eigenvalue weighted by Crippen LogP contribution is 2.43. The molecule has 70 heavy (non-hydrogen) atoms. The molecule has 0 aliphatic rings. The average Bonchev–Trinajstić information content (AvgIpc) is 3.32. The van der Waals surface area contributed by atoms with Crippen LogP contribution < -0.4 is 5.32 Å². The number of phosphoric ester groups is 1. The van der Waals surface area contributed by atoms with Crippen molar-refractivity contribution in [3.05, 3.63) is 24.3 Å². The smallest absolute Gasteiger partial charge is 0.387 e. The summed E-state index contributed by atoms with van der Waals surface area (Å²) in [5.41, 5.74) is 0. The molecule has 0 aromatic heterocycles. The maximum Gasteiger partial charge on any atom is 0.472 e. The van der Waals surface area contributed by atoms with E-state index < -0.39 is 20.0 Å². The molecule has 0 saturated heterocycles. The maximum atomic E-state index is 13.0. The third kappa shape index (κ3) is 54.7. The Morgan fingerprint density at radius 3 is 1.14 bits per heavy atom. The Bertz CT molecular complexity index is 1190. The van der Waals surface area contributed by atoms with Crippen molar-refractivity contribution < 1.29 is 32.9 Å². The minimum atomic E-state index is -4.35. The predicted octanol–water partition coefficient (Wildman–Crippen LogP) is 18.8. The molecular formula is C61H122N2O6P+. The molecule has 0 aliphatic carbocycles. The first-order chi connectivity index (χ1) is 34.0. The topological polar surface area (TPSA) is 105 Å². The molecule has 0 rings (SSSR count). The second-order valence-electron chi connectivity index (χ2n) is 22.4. The molecule has 1 amide bonds. The lowest BCUT2D eigenvalue weighted by atomic mass is 10.0. The van der Waals surface area contributed by atoms with Crippen LogP contribution in [-0.2, 0) is 18.4 Å². The van der Waals surface area contributed by atoms with Crippen molar-refractivity contribution in [3.8, 4) is 0 Å². The Morgan fingerprint density at radius 2 is 0.786 bits per heavy atom. The van der Waals surface area contributed by atoms with Gasteiger partial charge in [0.05, 0.1) is 39.9 Å². The van der Waals surface area contributed by atoms with Crippen LogP contribution in [0.15, 0.2) is 24.3 Å². The molecule has 416 valence electrons. The van der Waals surface area contributed by atoms with Gasteiger partial charge in [0.15, 0.2) is 0 Å². The van der Waals surface area contributed by atoms with Crippen LogP contribution in [0.25, 0.3) is 0 Å². The maximum absolute atomic E-state index is 13.0. The van der Waals surface area contributed by atoms with E-state index in [-0.39, 0.29) is 19.1 Å². The van der Waals surface area contributed by atoms with Crippen molar-refractivity contribution >= 4 is 13.7 Å².